The van der Waals surface area contributed by atoms with Crippen LogP contribution in [0, 0.1) is 11.3 Å². The summed E-state index contributed by atoms with van der Waals surface area (Å²) in [7, 11) is 0. The van der Waals surface area contributed by atoms with Crippen LogP contribution >= 0.6 is 0 Å². The van der Waals surface area contributed by atoms with E-state index in [0.29, 0.717) is 0 Å². The van der Waals surface area contributed by atoms with Crippen molar-refractivity contribution < 1.29 is 5.11 Å². The van der Waals surface area contributed by atoms with Crippen molar-refractivity contribution >= 4 is 0 Å². The predicted molar refractivity (Wildman–Crippen MR) is 69.3 cm³/mol. The monoisotopic (exact) mass is 227 g/mol. The Kier molecular flexibility index (Phi) is 4.81. The fourth-order valence-electron chi connectivity index (χ4n) is 3.36. The topological polar surface area (TPSA) is 46.2 Å². The van der Waals surface area contributed by atoms with Crippen LogP contribution in [0.3, 0.4) is 0 Å². The third-order valence-corrected chi connectivity index (χ3v) is 4.72. The van der Waals surface area contributed by atoms with Crippen LogP contribution in [-0.2, 0) is 0 Å². The lowest BCUT2D eigenvalue weighted by Gasteiger charge is -2.49. The van der Waals surface area contributed by atoms with Gasteiger partial charge in [0.25, 0.3) is 0 Å². The summed E-state index contributed by atoms with van der Waals surface area (Å²) in [5.74, 6) is 0.902. The van der Waals surface area contributed by atoms with Gasteiger partial charge in [-0.3, -0.25) is 0 Å². The lowest BCUT2D eigenvalue weighted by Crippen LogP contribution is -2.53. The van der Waals surface area contributed by atoms with E-state index >= 15 is 0 Å². The van der Waals surface area contributed by atoms with Gasteiger partial charge in [-0.25, -0.2) is 0 Å². The molecule has 0 heterocycles. The summed E-state index contributed by atoms with van der Waals surface area (Å²) in [6.45, 7) is 6.80. The number of hydrogen-bond donors (Lipinski definition) is 2. The molecule has 96 valence electrons. The van der Waals surface area contributed by atoms with Crippen LogP contribution in [0.25, 0.3) is 0 Å². The molecule has 0 aromatic rings. The van der Waals surface area contributed by atoms with Gasteiger partial charge in [0.15, 0.2) is 0 Å². The molecule has 1 aliphatic rings. The molecule has 0 atom stereocenters. The second-order valence-electron chi connectivity index (χ2n) is 6.21. The SMILES string of the molecule is CCCC1CCC(CCO)(C(C)(C)N)CC1. The van der Waals surface area contributed by atoms with E-state index in [4.69, 9.17) is 5.73 Å². The van der Waals surface area contributed by atoms with Crippen molar-refractivity contribution in [1.82, 2.24) is 0 Å². The molecule has 16 heavy (non-hydrogen) atoms. The van der Waals surface area contributed by atoms with E-state index in [1.807, 2.05) is 0 Å². The molecule has 1 aliphatic carbocycles. The van der Waals surface area contributed by atoms with E-state index in [0.717, 1.165) is 12.3 Å². The maximum Gasteiger partial charge on any atom is 0.0437 e. The summed E-state index contributed by atoms with van der Waals surface area (Å²) < 4.78 is 0. The first-order valence-corrected chi connectivity index (χ1v) is 6.85. The van der Waals surface area contributed by atoms with E-state index in [9.17, 15) is 5.11 Å². The van der Waals surface area contributed by atoms with Gasteiger partial charge in [-0.1, -0.05) is 19.8 Å². The predicted octanol–water partition coefficient (Wildman–Crippen LogP) is 3.08. The van der Waals surface area contributed by atoms with Crippen molar-refractivity contribution in [3.8, 4) is 0 Å². The van der Waals surface area contributed by atoms with Crippen molar-refractivity contribution in [2.45, 2.75) is 71.3 Å². The number of aliphatic hydroxyl groups is 1. The van der Waals surface area contributed by atoms with E-state index in [1.54, 1.807) is 0 Å². The van der Waals surface area contributed by atoms with Gasteiger partial charge in [-0.05, 0) is 57.3 Å². The minimum atomic E-state index is -0.160. The fourth-order valence-corrected chi connectivity index (χ4v) is 3.36. The van der Waals surface area contributed by atoms with Crippen molar-refractivity contribution in [1.29, 1.82) is 0 Å². The number of rotatable bonds is 5. The summed E-state index contributed by atoms with van der Waals surface area (Å²) in [5, 5.41) is 9.26. The van der Waals surface area contributed by atoms with Crippen molar-refractivity contribution in [2.24, 2.45) is 17.1 Å². The molecule has 0 aliphatic heterocycles. The fraction of sp³-hybridized carbons (Fsp3) is 1.00. The third kappa shape index (κ3) is 2.98. The first-order valence-electron chi connectivity index (χ1n) is 6.85. The van der Waals surface area contributed by atoms with E-state index in [2.05, 4.69) is 20.8 Å². The Balaban J connectivity index is 2.63. The van der Waals surface area contributed by atoms with Crippen molar-refractivity contribution in [3.05, 3.63) is 0 Å². The van der Waals surface area contributed by atoms with Crippen LogP contribution in [-0.4, -0.2) is 17.3 Å². The Morgan fingerprint density at radius 3 is 2.25 bits per heavy atom. The van der Waals surface area contributed by atoms with Gasteiger partial charge in [-0.2, -0.15) is 0 Å². The van der Waals surface area contributed by atoms with Crippen LogP contribution in [0.4, 0.5) is 0 Å². The largest absolute Gasteiger partial charge is 0.396 e. The first-order chi connectivity index (χ1) is 7.45. The van der Waals surface area contributed by atoms with Gasteiger partial charge in [0.1, 0.15) is 0 Å². The number of nitrogens with two attached hydrogens (primary N) is 1. The highest BCUT2D eigenvalue weighted by Crippen LogP contribution is 2.48. The van der Waals surface area contributed by atoms with Crippen LogP contribution in [0.1, 0.15) is 65.7 Å². The molecule has 2 heteroatoms. The molecule has 1 saturated carbocycles. The Morgan fingerprint density at radius 1 is 1.31 bits per heavy atom. The molecule has 1 rings (SSSR count). The van der Waals surface area contributed by atoms with Crippen LogP contribution in [0.2, 0.25) is 0 Å². The lowest BCUT2D eigenvalue weighted by atomic mass is 9.59. The van der Waals surface area contributed by atoms with E-state index in [1.165, 1.54) is 38.5 Å². The Bertz CT molecular complexity index is 199. The average Bonchev–Trinajstić information content (AvgIpc) is 2.20. The van der Waals surface area contributed by atoms with Crippen LogP contribution in [0.15, 0.2) is 0 Å². The number of hydrogen-bond acceptors (Lipinski definition) is 2. The zero-order valence-electron chi connectivity index (χ0n) is 11.3. The van der Waals surface area contributed by atoms with Gasteiger partial charge in [0, 0.05) is 12.1 Å². The molecular formula is C14H29NO. The molecule has 2 nitrogen and oxygen atoms in total. The molecule has 0 bridgehead atoms. The average molecular weight is 227 g/mol. The smallest absolute Gasteiger partial charge is 0.0437 e. The highest BCUT2D eigenvalue weighted by Gasteiger charge is 2.43. The highest BCUT2D eigenvalue weighted by atomic mass is 16.3. The minimum absolute atomic E-state index is 0.160. The molecule has 0 unspecified atom stereocenters. The van der Waals surface area contributed by atoms with Gasteiger partial charge >= 0.3 is 0 Å². The minimum Gasteiger partial charge on any atom is -0.396 e. The standard InChI is InChI=1S/C14H29NO/c1-4-5-12-6-8-14(9-7-12,10-11-16)13(2,3)15/h12,16H,4-11,15H2,1-3H3. The highest BCUT2D eigenvalue weighted by molar-refractivity contribution is 4.99. The second kappa shape index (κ2) is 5.50. The Labute approximate surface area is 101 Å². The lowest BCUT2D eigenvalue weighted by molar-refractivity contribution is 0.0372. The van der Waals surface area contributed by atoms with Crippen LogP contribution < -0.4 is 5.73 Å². The van der Waals surface area contributed by atoms with Gasteiger partial charge < -0.3 is 10.8 Å². The summed E-state index contributed by atoms with van der Waals surface area (Å²) in [4.78, 5) is 0. The van der Waals surface area contributed by atoms with Crippen molar-refractivity contribution in [2.75, 3.05) is 6.61 Å². The maximum absolute atomic E-state index is 9.26. The summed E-state index contributed by atoms with van der Waals surface area (Å²) in [6.07, 6.45) is 8.52. The second-order valence-corrected chi connectivity index (χ2v) is 6.21. The molecular weight excluding hydrogens is 198 g/mol. The van der Waals surface area contributed by atoms with E-state index < -0.39 is 0 Å². The quantitative estimate of drug-likeness (QED) is 0.758. The van der Waals surface area contributed by atoms with Gasteiger partial charge in [0.05, 0.1) is 0 Å². The van der Waals surface area contributed by atoms with E-state index in [-0.39, 0.29) is 17.6 Å². The molecule has 0 radical (unpaired) electrons. The molecule has 3 N–H and O–H groups in total. The van der Waals surface area contributed by atoms with Crippen LogP contribution in [0.5, 0.6) is 0 Å². The molecule has 0 amide bonds. The molecule has 0 spiro atoms. The number of aliphatic hydroxyl groups excluding tert-OH is 1. The first kappa shape index (κ1) is 14.0. The van der Waals surface area contributed by atoms with Crippen molar-refractivity contribution in [3.63, 3.8) is 0 Å². The summed E-state index contributed by atoms with van der Waals surface area (Å²) in [5.41, 5.74) is 6.35. The molecule has 0 aromatic carbocycles. The zero-order valence-corrected chi connectivity index (χ0v) is 11.3. The van der Waals surface area contributed by atoms with Gasteiger partial charge in [-0.15, -0.1) is 0 Å². The normalized spacial score (nSPS) is 31.7. The van der Waals surface area contributed by atoms with Gasteiger partial charge in [0.2, 0.25) is 0 Å². The Hall–Kier alpha value is -0.0800. The third-order valence-electron chi connectivity index (χ3n) is 4.72. The Morgan fingerprint density at radius 2 is 1.88 bits per heavy atom. The zero-order chi connectivity index (χ0) is 12.2. The summed E-state index contributed by atoms with van der Waals surface area (Å²) >= 11 is 0. The maximum atomic E-state index is 9.26. The molecule has 0 saturated heterocycles. The molecule has 1 fully saturated rings. The molecule has 0 aromatic heterocycles. The summed E-state index contributed by atoms with van der Waals surface area (Å²) in [6, 6.07) is 0.